The number of aromatic nitrogens is 1. The molecule has 0 saturated carbocycles. The van der Waals surface area contributed by atoms with Crippen LogP contribution in [0.25, 0.3) is 10.9 Å². The van der Waals surface area contributed by atoms with Crippen molar-refractivity contribution in [2.75, 3.05) is 51.8 Å². The van der Waals surface area contributed by atoms with E-state index in [1.165, 1.54) is 0 Å². The average molecular weight is 366 g/mol. The first kappa shape index (κ1) is 19.3. The highest BCUT2D eigenvalue weighted by Gasteiger charge is 2.24. The van der Waals surface area contributed by atoms with E-state index in [4.69, 9.17) is 9.47 Å². The molecular formula is C18H24ClN3O3. The highest BCUT2D eigenvalue weighted by atomic mass is 35.5. The van der Waals surface area contributed by atoms with Crippen LogP contribution in [-0.4, -0.2) is 62.8 Å². The normalized spacial score (nSPS) is 14.9. The van der Waals surface area contributed by atoms with E-state index in [1.54, 1.807) is 13.3 Å². The fraction of sp³-hybridized carbons (Fsp3) is 0.444. The second-order valence-corrected chi connectivity index (χ2v) is 5.91. The van der Waals surface area contributed by atoms with E-state index in [1.807, 2.05) is 25.1 Å². The van der Waals surface area contributed by atoms with Gasteiger partial charge < -0.3 is 19.3 Å². The average Bonchev–Trinajstić information content (AvgIpc) is 2.61. The van der Waals surface area contributed by atoms with Crippen LogP contribution in [0.3, 0.4) is 0 Å². The van der Waals surface area contributed by atoms with E-state index >= 15 is 0 Å². The van der Waals surface area contributed by atoms with Gasteiger partial charge in [-0.2, -0.15) is 0 Å². The van der Waals surface area contributed by atoms with Crippen LogP contribution in [0.1, 0.15) is 17.3 Å². The second-order valence-electron chi connectivity index (χ2n) is 5.91. The predicted octanol–water partition coefficient (Wildman–Crippen LogP) is 2.59. The highest BCUT2D eigenvalue weighted by Crippen LogP contribution is 2.33. The lowest BCUT2D eigenvalue weighted by atomic mass is 10.1. The second kappa shape index (κ2) is 8.36. The van der Waals surface area contributed by atoms with Crippen LogP contribution in [0.5, 0.6) is 5.75 Å². The molecule has 0 spiro atoms. The highest BCUT2D eigenvalue weighted by molar-refractivity contribution is 6.05. The summed E-state index contributed by atoms with van der Waals surface area (Å²) in [5.41, 5.74) is 2.25. The minimum Gasteiger partial charge on any atom is -0.497 e. The molecule has 0 bridgehead atoms. The summed E-state index contributed by atoms with van der Waals surface area (Å²) in [6.07, 6.45) is 1.63. The number of carbonyl (C=O) groups is 1. The van der Waals surface area contributed by atoms with E-state index < -0.39 is 0 Å². The van der Waals surface area contributed by atoms with Crippen molar-refractivity contribution in [2.24, 2.45) is 0 Å². The Kier molecular flexibility index (Phi) is 6.45. The first-order valence-electron chi connectivity index (χ1n) is 8.21. The largest absolute Gasteiger partial charge is 0.497 e. The van der Waals surface area contributed by atoms with Crippen molar-refractivity contribution < 1.29 is 14.3 Å². The van der Waals surface area contributed by atoms with E-state index in [0.717, 1.165) is 48.5 Å². The number of carbonyl (C=O) groups excluding carboxylic acids is 1. The van der Waals surface area contributed by atoms with Gasteiger partial charge in [0.1, 0.15) is 11.3 Å². The van der Waals surface area contributed by atoms with Crippen LogP contribution in [0.2, 0.25) is 0 Å². The van der Waals surface area contributed by atoms with Gasteiger partial charge in [0, 0.05) is 37.8 Å². The van der Waals surface area contributed by atoms with Gasteiger partial charge in [-0.25, -0.2) is 4.79 Å². The number of hydrogen-bond donors (Lipinski definition) is 0. The topological polar surface area (TPSA) is 54.9 Å². The molecule has 136 valence electrons. The number of fused-ring (bicyclic) bond motifs is 1. The summed E-state index contributed by atoms with van der Waals surface area (Å²) >= 11 is 0. The van der Waals surface area contributed by atoms with E-state index in [2.05, 4.69) is 21.8 Å². The van der Waals surface area contributed by atoms with Gasteiger partial charge in [-0.1, -0.05) is 0 Å². The van der Waals surface area contributed by atoms with Gasteiger partial charge in [-0.05, 0) is 32.2 Å². The zero-order valence-corrected chi connectivity index (χ0v) is 15.6. The van der Waals surface area contributed by atoms with E-state index in [-0.39, 0.29) is 18.4 Å². The van der Waals surface area contributed by atoms with Gasteiger partial charge in [0.25, 0.3) is 0 Å². The third-order valence-electron chi connectivity index (χ3n) is 4.36. The Labute approximate surface area is 154 Å². The number of ether oxygens (including phenoxy) is 2. The summed E-state index contributed by atoms with van der Waals surface area (Å²) in [5.74, 6) is 0.421. The van der Waals surface area contributed by atoms with Crippen molar-refractivity contribution >= 4 is 35.0 Å². The fourth-order valence-corrected chi connectivity index (χ4v) is 3.01. The molecule has 0 unspecified atom stereocenters. The lowest BCUT2D eigenvalue weighted by Gasteiger charge is -2.35. The third kappa shape index (κ3) is 3.96. The molecule has 1 fully saturated rings. The number of benzene rings is 1. The minimum absolute atomic E-state index is 0. The molecule has 3 rings (SSSR count). The molecule has 1 aromatic heterocycles. The Bertz CT molecular complexity index is 746. The van der Waals surface area contributed by atoms with Gasteiger partial charge in [-0.15, -0.1) is 12.4 Å². The van der Waals surface area contributed by atoms with Crippen molar-refractivity contribution in [1.29, 1.82) is 0 Å². The van der Waals surface area contributed by atoms with Gasteiger partial charge >= 0.3 is 5.97 Å². The zero-order chi connectivity index (χ0) is 17.1. The Balaban J connectivity index is 0.00000225. The van der Waals surface area contributed by atoms with E-state index in [9.17, 15) is 4.79 Å². The summed E-state index contributed by atoms with van der Waals surface area (Å²) < 4.78 is 10.6. The fourth-order valence-electron chi connectivity index (χ4n) is 3.01. The number of methoxy groups -OCH3 is 1. The number of halogens is 1. The van der Waals surface area contributed by atoms with Crippen molar-refractivity contribution in [3.8, 4) is 5.75 Å². The van der Waals surface area contributed by atoms with Gasteiger partial charge in [0.2, 0.25) is 0 Å². The summed E-state index contributed by atoms with van der Waals surface area (Å²) in [5, 5.41) is 0.921. The molecule has 1 aliphatic rings. The summed E-state index contributed by atoms with van der Waals surface area (Å²) in [7, 11) is 3.75. The summed E-state index contributed by atoms with van der Waals surface area (Å²) in [6, 6.07) is 5.74. The van der Waals surface area contributed by atoms with Crippen molar-refractivity contribution in [3.63, 3.8) is 0 Å². The molecule has 2 aromatic rings. The number of likely N-dealkylation sites (N-methyl/N-ethyl adjacent to an activating group) is 1. The number of anilines is 1. The first-order chi connectivity index (χ1) is 11.6. The monoisotopic (exact) mass is 365 g/mol. The van der Waals surface area contributed by atoms with Crippen LogP contribution in [-0.2, 0) is 4.74 Å². The van der Waals surface area contributed by atoms with Crippen LogP contribution in [0.15, 0.2) is 24.4 Å². The lowest BCUT2D eigenvalue weighted by Crippen LogP contribution is -2.45. The molecule has 0 aliphatic carbocycles. The smallest absolute Gasteiger partial charge is 0.341 e. The summed E-state index contributed by atoms with van der Waals surface area (Å²) in [6.45, 7) is 5.78. The molecular weight excluding hydrogens is 342 g/mol. The first-order valence-corrected chi connectivity index (χ1v) is 8.21. The van der Waals surface area contributed by atoms with Crippen molar-refractivity contribution in [3.05, 3.63) is 30.0 Å². The maximum absolute atomic E-state index is 12.4. The Morgan fingerprint density at radius 2 is 1.96 bits per heavy atom. The SMILES string of the molecule is CCOC(=O)c1cnc2ccc(OC)cc2c1N1CCN(C)CC1.Cl. The Morgan fingerprint density at radius 3 is 2.60 bits per heavy atom. The lowest BCUT2D eigenvalue weighted by molar-refractivity contribution is 0.0526. The molecule has 2 heterocycles. The molecule has 25 heavy (non-hydrogen) atoms. The standard InChI is InChI=1S/C18H23N3O3.ClH/c1-4-24-18(22)15-12-19-16-6-5-13(23-3)11-14(16)17(15)21-9-7-20(2)8-10-21;/h5-6,11-12H,4,7-10H2,1-3H3;1H. The van der Waals surface area contributed by atoms with E-state index in [0.29, 0.717) is 12.2 Å². The molecule has 0 amide bonds. The number of esters is 1. The minimum atomic E-state index is -0.330. The molecule has 0 N–H and O–H groups in total. The van der Waals surface area contributed by atoms with Crippen LogP contribution < -0.4 is 9.64 Å². The van der Waals surface area contributed by atoms with Gasteiger partial charge in [0.15, 0.2) is 0 Å². The quantitative estimate of drug-likeness (QED) is 0.776. The maximum atomic E-state index is 12.4. The van der Waals surface area contributed by atoms with Gasteiger partial charge in [-0.3, -0.25) is 4.98 Å². The number of piperazine rings is 1. The predicted molar refractivity (Wildman–Crippen MR) is 101 cm³/mol. The molecule has 0 atom stereocenters. The van der Waals surface area contributed by atoms with Crippen LogP contribution in [0, 0.1) is 0 Å². The molecule has 1 aromatic carbocycles. The zero-order valence-electron chi connectivity index (χ0n) is 14.8. The number of rotatable bonds is 4. The third-order valence-corrected chi connectivity index (χ3v) is 4.36. The van der Waals surface area contributed by atoms with Crippen LogP contribution in [0.4, 0.5) is 5.69 Å². The molecule has 1 saturated heterocycles. The maximum Gasteiger partial charge on any atom is 0.341 e. The van der Waals surface area contributed by atoms with Crippen LogP contribution >= 0.6 is 12.4 Å². The number of nitrogens with zero attached hydrogens (tertiary/aromatic N) is 3. The summed E-state index contributed by atoms with van der Waals surface area (Å²) in [4.78, 5) is 21.4. The van der Waals surface area contributed by atoms with Crippen molar-refractivity contribution in [2.45, 2.75) is 6.92 Å². The molecule has 0 radical (unpaired) electrons. The van der Waals surface area contributed by atoms with Crippen molar-refractivity contribution in [1.82, 2.24) is 9.88 Å². The Hall–Kier alpha value is -2.05. The Morgan fingerprint density at radius 1 is 1.24 bits per heavy atom. The molecule has 1 aliphatic heterocycles. The van der Waals surface area contributed by atoms with Gasteiger partial charge in [0.05, 0.1) is 24.9 Å². The number of pyridine rings is 1. The molecule has 7 heteroatoms. The number of hydrogen-bond acceptors (Lipinski definition) is 6. The molecule has 6 nitrogen and oxygen atoms in total.